The van der Waals surface area contributed by atoms with Crippen LogP contribution in [0.25, 0.3) is 0 Å². The van der Waals surface area contributed by atoms with Crippen molar-refractivity contribution >= 4 is 11.9 Å². The van der Waals surface area contributed by atoms with Crippen LogP contribution >= 0.6 is 0 Å². The minimum atomic E-state index is -0.145. The van der Waals surface area contributed by atoms with Crippen molar-refractivity contribution < 1.29 is 28.3 Å². The Morgan fingerprint density at radius 3 is 2.42 bits per heavy atom. The SMILES string of the molecule is C=CC[N+]1(C2C[C@H]3[C@@H]4CCC5CC(OC(C)=O)C(N6CCOCC6)C[C@]5(C)[C@@H]4CC[C@]3(C)C2OC(=O)CC)CCCCC1. The largest absolute Gasteiger partial charge is 0.461 e. The van der Waals surface area contributed by atoms with Crippen LogP contribution in [-0.2, 0) is 23.8 Å². The first-order chi connectivity index (χ1) is 20.6. The summed E-state index contributed by atoms with van der Waals surface area (Å²) >= 11 is 0. The van der Waals surface area contributed by atoms with Gasteiger partial charge in [0.15, 0.2) is 6.10 Å². The molecule has 6 rings (SSSR count). The minimum Gasteiger partial charge on any atom is -0.461 e. The molecule has 2 aliphatic heterocycles. The van der Waals surface area contributed by atoms with Crippen molar-refractivity contribution in [2.24, 2.45) is 34.5 Å². The molecule has 5 unspecified atom stereocenters. The molecule has 0 aromatic carbocycles. The predicted octanol–water partition coefficient (Wildman–Crippen LogP) is 5.76. The third-order valence-corrected chi connectivity index (χ3v) is 13.9. The van der Waals surface area contributed by atoms with Crippen LogP contribution in [0.4, 0.5) is 0 Å². The third-order valence-electron chi connectivity index (χ3n) is 13.9. The number of carbonyl (C=O) groups is 2. The van der Waals surface area contributed by atoms with Crippen molar-refractivity contribution in [1.29, 1.82) is 0 Å². The number of ether oxygens (including phenoxy) is 3. The number of carbonyl (C=O) groups excluding carboxylic acids is 2. The lowest BCUT2D eigenvalue weighted by molar-refractivity contribution is -0.952. The molecule has 4 aliphatic carbocycles. The van der Waals surface area contributed by atoms with Gasteiger partial charge in [-0.1, -0.05) is 27.4 Å². The second-order valence-electron chi connectivity index (χ2n) is 15.8. The number of esters is 2. The Hall–Kier alpha value is -1.44. The molecule has 4 saturated carbocycles. The van der Waals surface area contributed by atoms with Crippen LogP contribution in [0.1, 0.15) is 98.3 Å². The van der Waals surface area contributed by atoms with Gasteiger partial charge in [-0.3, -0.25) is 14.5 Å². The molecule has 0 amide bonds. The van der Waals surface area contributed by atoms with E-state index in [0.717, 1.165) is 56.6 Å². The van der Waals surface area contributed by atoms with Crippen molar-refractivity contribution in [2.75, 3.05) is 45.9 Å². The predicted molar refractivity (Wildman–Crippen MR) is 167 cm³/mol. The molecule has 242 valence electrons. The summed E-state index contributed by atoms with van der Waals surface area (Å²) in [6.07, 6.45) is 14.5. The highest BCUT2D eigenvalue weighted by molar-refractivity contribution is 5.69. The summed E-state index contributed by atoms with van der Waals surface area (Å²) in [5, 5.41) is 0. The average Bonchev–Trinajstić information content (AvgIpc) is 3.30. The fourth-order valence-electron chi connectivity index (χ4n) is 11.8. The van der Waals surface area contributed by atoms with Crippen LogP contribution in [0, 0.1) is 34.5 Å². The lowest BCUT2D eigenvalue weighted by Crippen LogP contribution is -2.63. The monoisotopic (exact) mass is 599 g/mol. The molecule has 0 N–H and O–H groups in total. The first-order valence-corrected chi connectivity index (χ1v) is 17.8. The number of quaternary nitrogens is 1. The first-order valence-electron chi connectivity index (χ1n) is 17.8. The van der Waals surface area contributed by atoms with Crippen LogP contribution in [0.3, 0.4) is 0 Å². The first kappa shape index (κ1) is 31.5. The lowest BCUT2D eigenvalue weighted by atomic mass is 9.44. The van der Waals surface area contributed by atoms with Crippen LogP contribution in [-0.4, -0.2) is 91.6 Å². The fraction of sp³-hybridized carbons (Fsp3) is 0.889. The number of likely N-dealkylation sites (tertiary alicyclic amines) is 1. The van der Waals surface area contributed by atoms with Gasteiger partial charge in [0.05, 0.1) is 32.8 Å². The summed E-state index contributed by atoms with van der Waals surface area (Å²) in [4.78, 5) is 27.8. The Labute approximate surface area is 260 Å². The van der Waals surface area contributed by atoms with Gasteiger partial charge in [0.1, 0.15) is 12.1 Å². The number of rotatable bonds is 7. The standard InChI is InChI=1S/C36H59N2O5/c1-6-17-38(18-9-8-10-19-38)31-23-29-27-12-11-26-22-32(42-25(3)39)30(37-15-20-41-21-16-37)24-36(26,5)28(27)13-14-35(29,4)34(31)43-33(40)7-2/h6,26-32,34H,1,7-24H2,2-5H3/q+1/t26?,27-,28-,29+,30?,31?,32?,34?,35+,36+/m1/s1. The Morgan fingerprint density at radius 1 is 1.00 bits per heavy atom. The van der Waals surface area contributed by atoms with Gasteiger partial charge in [0.25, 0.3) is 0 Å². The number of hydrogen-bond acceptors (Lipinski definition) is 6. The van der Waals surface area contributed by atoms with Crippen molar-refractivity contribution in [1.82, 2.24) is 4.90 Å². The molecule has 6 fully saturated rings. The zero-order valence-electron chi connectivity index (χ0n) is 27.6. The van der Waals surface area contributed by atoms with E-state index in [1.54, 1.807) is 6.92 Å². The van der Waals surface area contributed by atoms with E-state index in [0.29, 0.717) is 36.1 Å². The van der Waals surface area contributed by atoms with Crippen LogP contribution in [0.2, 0.25) is 0 Å². The molecular weight excluding hydrogens is 540 g/mol. The van der Waals surface area contributed by atoms with E-state index < -0.39 is 0 Å². The Morgan fingerprint density at radius 2 is 1.74 bits per heavy atom. The summed E-state index contributed by atoms with van der Waals surface area (Å²) in [6.45, 7) is 19.6. The zero-order chi connectivity index (χ0) is 30.4. The highest BCUT2D eigenvalue weighted by Crippen LogP contribution is 2.67. The average molecular weight is 600 g/mol. The van der Waals surface area contributed by atoms with Crippen molar-refractivity contribution in [3.05, 3.63) is 12.7 Å². The van der Waals surface area contributed by atoms with Gasteiger partial charge in [0, 0.05) is 44.3 Å². The molecular formula is C36H59N2O5+. The maximum Gasteiger partial charge on any atom is 0.306 e. The van der Waals surface area contributed by atoms with E-state index in [1.807, 2.05) is 6.92 Å². The number of fused-ring (bicyclic) bond motifs is 5. The van der Waals surface area contributed by atoms with Crippen LogP contribution < -0.4 is 0 Å². The fourth-order valence-corrected chi connectivity index (χ4v) is 11.8. The number of morpholine rings is 1. The second-order valence-corrected chi connectivity index (χ2v) is 15.8. The topological polar surface area (TPSA) is 65.1 Å². The van der Waals surface area contributed by atoms with Gasteiger partial charge < -0.3 is 18.7 Å². The van der Waals surface area contributed by atoms with Gasteiger partial charge in [0.2, 0.25) is 0 Å². The number of nitrogens with zero attached hydrogens (tertiary/aromatic N) is 2. The summed E-state index contributed by atoms with van der Waals surface area (Å²) in [5.74, 6) is 2.33. The van der Waals surface area contributed by atoms with E-state index in [4.69, 9.17) is 14.2 Å². The maximum absolute atomic E-state index is 13.0. The number of hydrogen-bond donors (Lipinski definition) is 0. The van der Waals surface area contributed by atoms with Crippen LogP contribution in [0.15, 0.2) is 12.7 Å². The molecule has 0 aromatic rings. The minimum absolute atomic E-state index is 0.00437. The molecule has 0 bridgehead atoms. The highest BCUT2D eigenvalue weighted by atomic mass is 16.5. The zero-order valence-corrected chi connectivity index (χ0v) is 27.6. The van der Waals surface area contributed by atoms with E-state index in [-0.39, 0.29) is 41.0 Å². The van der Waals surface area contributed by atoms with E-state index in [2.05, 4.69) is 31.4 Å². The van der Waals surface area contributed by atoms with E-state index in [9.17, 15) is 9.59 Å². The Bertz CT molecular complexity index is 1040. The van der Waals surface area contributed by atoms with E-state index in [1.165, 1.54) is 58.0 Å². The van der Waals surface area contributed by atoms with Gasteiger partial charge in [-0.05, 0) is 93.0 Å². The van der Waals surface area contributed by atoms with Crippen LogP contribution in [0.5, 0.6) is 0 Å². The maximum atomic E-state index is 13.0. The van der Waals surface area contributed by atoms with Crippen molar-refractivity contribution in [3.63, 3.8) is 0 Å². The van der Waals surface area contributed by atoms with E-state index >= 15 is 0 Å². The highest BCUT2D eigenvalue weighted by Gasteiger charge is 2.67. The normalized spacial score (nSPS) is 44.4. The Balaban J connectivity index is 1.31. The van der Waals surface area contributed by atoms with Gasteiger partial charge in [-0.15, -0.1) is 0 Å². The van der Waals surface area contributed by atoms with Crippen molar-refractivity contribution in [3.8, 4) is 0 Å². The lowest BCUT2D eigenvalue weighted by Gasteiger charge is -2.62. The molecule has 0 radical (unpaired) electrons. The quantitative estimate of drug-likeness (QED) is 0.211. The molecule has 0 spiro atoms. The summed E-state index contributed by atoms with van der Waals surface area (Å²) in [7, 11) is 0. The van der Waals surface area contributed by atoms with Gasteiger partial charge in [-0.2, -0.15) is 0 Å². The molecule has 6 aliphatic rings. The molecule has 43 heavy (non-hydrogen) atoms. The summed E-state index contributed by atoms with van der Waals surface area (Å²) in [6, 6.07) is 0.638. The molecule has 0 aromatic heterocycles. The molecule has 10 atom stereocenters. The van der Waals surface area contributed by atoms with Gasteiger partial charge >= 0.3 is 11.9 Å². The summed E-state index contributed by atoms with van der Waals surface area (Å²) < 4.78 is 19.4. The smallest absolute Gasteiger partial charge is 0.306 e. The molecule has 7 heteroatoms. The third kappa shape index (κ3) is 5.52. The summed E-state index contributed by atoms with van der Waals surface area (Å²) in [5.41, 5.74) is 0.262. The number of piperidine rings is 1. The Kier molecular flexibility index (Phi) is 9.09. The van der Waals surface area contributed by atoms with Crippen molar-refractivity contribution in [2.45, 2.75) is 123 Å². The second kappa shape index (κ2) is 12.4. The molecule has 2 heterocycles. The molecule has 7 nitrogen and oxygen atoms in total. The molecule has 2 saturated heterocycles. The van der Waals surface area contributed by atoms with Gasteiger partial charge in [-0.25, -0.2) is 0 Å².